The van der Waals surface area contributed by atoms with Crippen LogP contribution in [0.2, 0.25) is 0 Å². The van der Waals surface area contributed by atoms with E-state index >= 15 is 0 Å². The summed E-state index contributed by atoms with van der Waals surface area (Å²) in [6.07, 6.45) is 1.61. The maximum absolute atomic E-state index is 12.3. The zero-order chi connectivity index (χ0) is 17.7. The number of nitrogens with zero attached hydrogens (tertiary/aromatic N) is 1. The van der Waals surface area contributed by atoms with Crippen LogP contribution in [0.3, 0.4) is 0 Å². The van der Waals surface area contributed by atoms with Crippen molar-refractivity contribution in [3.8, 4) is 5.75 Å². The van der Waals surface area contributed by atoms with Crippen molar-refractivity contribution >= 4 is 50.9 Å². The van der Waals surface area contributed by atoms with Crippen molar-refractivity contribution in [1.29, 1.82) is 0 Å². The molecular weight excluding hydrogens is 398 g/mol. The van der Waals surface area contributed by atoms with E-state index in [1.165, 1.54) is 0 Å². The SMILES string of the molecule is CCOC(=O)CN1C(=O)S/C(=C\c2ccc(OCC)c(Br)c2)C1=O. The van der Waals surface area contributed by atoms with Crippen molar-refractivity contribution in [3.05, 3.63) is 33.1 Å². The summed E-state index contributed by atoms with van der Waals surface area (Å²) in [7, 11) is 0. The summed E-state index contributed by atoms with van der Waals surface area (Å²) in [5.74, 6) is -0.405. The Morgan fingerprint density at radius 1 is 1.29 bits per heavy atom. The van der Waals surface area contributed by atoms with Gasteiger partial charge in [-0.1, -0.05) is 6.07 Å². The lowest BCUT2D eigenvalue weighted by molar-refractivity contribution is -0.145. The molecular formula is C16H16BrNO5S. The Labute approximate surface area is 152 Å². The molecule has 1 heterocycles. The van der Waals surface area contributed by atoms with E-state index in [1.807, 2.05) is 6.92 Å². The number of ether oxygens (including phenoxy) is 2. The number of imide groups is 1. The third kappa shape index (κ3) is 4.39. The molecule has 24 heavy (non-hydrogen) atoms. The van der Waals surface area contributed by atoms with E-state index in [-0.39, 0.29) is 18.1 Å². The van der Waals surface area contributed by atoms with Gasteiger partial charge in [0.2, 0.25) is 0 Å². The average molecular weight is 414 g/mol. The number of carbonyl (C=O) groups excluding carboxylic acids is 3. The minimum absolute atomic E-state index is 0.200. The molecule has 2 amide bonds. The molecule has 0 radical (unpaired) electrons. The minimum atomic E-state index is -0.607. The molecule has 128 valence electrons. The lowest BCUT2D eigenvalue weighted by Crippen LogP contribution is -2.34. The highest BCUT2D eigenvalue weighted by Gasteiger charge is 2.36. The molecule has 6 nitrogen and oxygen atoms in total. The molecule has 1 fully saturated rings. The largest absolute Gasteiger partial charge is 0.493 e. The van der Waals surface area contributed by atoms with E-state index < -0.39 is 17.1 Å². The number of rotatable bonds is 6. The number of thioether (sulfide) groups is 1. The number of halogens is 1. The molecule has 0 unspecified atom stereocenters. The van der Waals surface area contributed by atoms with Gasteiger partial charge in [0.1, 0.15) is 12.3 Å². The van der Waals surface area contributed by atoms with E-state index in [0.717, 1.165) is 26.7 Å². The van der Waals surface area contributed by atoms with Crippen LogP contribution < -0.4 is 4.74 Å². The van der Waals surface area contributed by atoms with Gasteiger partial charge < -0.3 is 9.47 Å². The Morgan fingerprint density at radius 3 is 2.67 bits per heavy atom. The Hall–Kier alpha value is -1.80. The quantitative estimate of drug-likeness (QED) is 0.525. The van der Waals surface area contributed by atoms with Gasteiger partial charge in [-0.2, -0.15) is 0 Å². The molecule has 0 N–H and O–H groups in total. The summed E-state index contributed by atoms with van der Waals surface area (Å²) >= 11 is 4.20. The van der Waals surface area contributed by atoms with Crippen LogP contribution in [0.25, 0.3) is 6.08 Å². The zero-order valence-electron chi connectivity index (χ0n) is 13.2. The summed E-state index contributed by atoms with van der Waals surface area (Å²) in [6, 6.07) is 5.36. The highest BCUT2D eigenvalue weighted by atomic mass is 79.9. The average Bonchev–Trinajstić information content (AvgIpc) is 2.78. The molecule has 1 aliphatic heterocycles. The maximum Gasteiger partial charge on any atom is 0.326 e. The summed E-state index contributed by atoms with van der Waals surface area (Å²) in [5.41, 5.74) is 0.743. The zero-order valence-corrected chi connectivity index (χ0v) is 15.6. The highest BCUT2D eigenvalue weighted by molar-refractivity contribution is 9.10. The van der Waals surface area contributed by atoms with Crippen molar-refractivity contribution in [1.82, 2.24) is 4.90 Å². The number of hydrogen-bond acceptors (Lipinski definition) is 6. The summed E-state index contributed by atoms with van der Waals surface area (Å²) in [6.45, 7) is 3.92. The molecule has 0 saturated carbocycles. The van der Waals surface area contributed by atoms with Crippen molar-refractivity contribution in [2.75, 3.05) is 19.8 Å². The monoisotopic (exact) mass is 413 g/mol. The molecule has 1 aliphatic rings. The van der Waals surface area contributed by atoms with Crippen LogP contribution in [0.5, 0.6) is 5.75 Å². The molecule has 1 aromatic carbocycles. The Bertz CT molecular complexity index is 704. The second kappa shape index (κ2) is 8.34. The highest BCUT2D eigenvalue weighted by Crippen LogP contribution is 2.33. The molecule has 0 bridgehead atoms. The maximum atomic E-state index is 12.3. The van der Waals surface area contributed by atoms with Gasteiger partial charge in [0, 0.05) is 0 Å². The fraction of sp³-hybridized carbons (Fsp3) is 0.312. The molecule has 1 saturated heterocycles. The van der Waals surface area contributed by atoms with Crippen molar-refractivity contribution < 1.29 is 23.9 Å². The first kappa shape index (κ1) is 18.5. The lowest BCUT2D eigenvalue weighted by Gasteiger charge is -2.10. The first-order valence-electron chi connectivity index (χ1n) is 7.29. The lowest BCUT2D eigenvalue weighted by atomic mass is 10.2. The van der Waals surface area contributed by atoms with Crippen LogP contribution in [0.4, 0.5) is 4.79 Å². The Morgan fingerprint density at radius 2 is 2.04 bits per heavy atom. The Balaban J connectivity index is 2.16. The van der Waals surface area contributed by atoms with Crippen molar-refractivity contribution in [2.45, 2.75) is 13.8 Å². The molecule has 8 heteroatoms. The molecule has 2 rings (SSSR count). The number of carbonyl (C=O) groups is 3. The smallest absolute Gasteiger partial charge is 0.326 e. The van der Waals surface area contributed by atoms with Crippen LogP contribution in [0.15, 0.2) is 27.6 Å². The number of amides is 2. The van der Waals surface area contributed by atoms with Gasteiger partial charge >= 0.3 is 5.97 Å². The van der Waals surface area contributed by atoms with E-state index in [1.54, 1.807) is 31.2 Å². The third-order valence-corrected chi connectivity index (χ3v) is 4.55. The topological polar surface area (TPSA) is 72.9 Å². The van der Waals surface area contributed by atoms with Gasteiger partial charge in [-0.3, -0.25) is 19.3 Å². The predicted octanol–water partition coefficient (Wildman–Crippen LogP) is 3.45. The molecule has 0 spiro atoms. The first-order valence-corrected chi connectivity index (χ1v) is 8.90. The van der Waals surface area contributed by atoms with Gasteiger partial charge in [0.15, 0.2) is 0 Å². The molecule has 0 aliphatic carbocycles. The summed E-state index contributed by atoms with van der Waals surface area (Å²) < 4.78 is 11.0. The van der Waals surface area contributed by atoms with Crippen LogP contribution in [-0.2, 0) is 14.3 Å². The van der Waals surface area contributed by atoms with Crippen LogP contribution >= 0.6 is 27.7 Å². The number of hydrogen-bond donors (Lipinski definition) is 0. The van der Waals surface area contributed by atoms with Gasteiger partial charge in [-0.25, -0.2) is 0 Å². The van der Waals surface area contributed by atoms with Gasteiger partial charge in [0.05, 0.1) is 22.6 Å². The summed E-state index contributed by atoms with van der Waals surface area (Å²) in [5, 5.41) is -0.482. The van der Waals surface area contributed by atoms with E-state index in [4.69, 9.17) is 9.47 Å². The second-order valence-electron chi connectivity index (χ2n) is 4.70. The fourth-order valence-electron chi connectivity index (χ4n) is 2.00. The van der Waals surface area contributed by atoms with Crippen LogP contribution in [0.1, 0.15) is 19.4 Å². The van der Waals surface area contributed by atoms with E-state index in [2.05, 4.69) is 15.9 Å². The predicted molar refractivity (Wildman–Crippen MR) is 94.6 cm³/mol. The second-order valence-corrected chi connectivity index (χ2v) is 6.54. The minimum Gasteiger partial charge on any atom is -0.493 e. The van der Waals surface area contributed by atoms with E-state index in [9.17, 15) is 14.4 Å². The van der Waals surface area contributed by atoms with Gasteiger partial charge in [-0.05, 0) is 65.3 Å². The molecule has 0 atom stereocenters. The van der Waals surface area contributed by atoms with E-state index in [0.29, 0.717) is 12.4 Å². The number of esters is 1. The normalized spacial score (nSPS) is 16.0. The van der Waals surface area contributed by atoms with Crippen molar-refractivity contribution in [2.24, 2.45) is 0 Å². The molecule has 0 aromatic heterocycles. The number of benzene rings is 1. The van der Waals surface area contributed by atoms with Gasteiger partial charge in [0.25, 0.3) is 11.1 Å². The standard InChI is InChI=1S/C16H16BrNO5S/c1-3-22-12-6-5-10(7-11(12)17)8-13-15(20)18(16(21)24-13)9-14(19)23-4-2/h5-8H,3-4,9H2,1-2H3/b13-8-. The fourth-order valence-corrected chi connectivity index (χ4v) is 3.35. The third-order valence-electron chi connectivity index (χ3n) is 3.02. The van der Waals surface area contributed by atoms with Crippen molar-refractivity contribution in [3.63, 3.8) is 0 Å². The van der Waals surface area contributed by atoms with Crippen LogP contribution in [0, 0.1) is 0 Å². The Kier molecular flexibility index (Phi) is 6.44. The first-order chi connectivity index (χ1) is 11.5. The van der Waals surface area contributed by atoms with Gasteiger partial charge in [-0.15, -0.1) is 0 Å². The van der Waals surface area contributed by atoms with Crippen LogP contribution in [-0.4, -0.2) is 41.8 Å². The summed E-state index contributed by atoms with van der Waals surface area (Å²) in [4.78, 5) is 36.8. The molecule has 1 aromatic rings.